The Hall–Kier alpha value is -0.830. The molecule has 1 heterocycles. The summed E-state index contributed by atoms with van der Waals surface area (Å²) < 4.78 is 7.31. The van der Waals surface area contributed by atoms with Gasteiger partial charge in [-0.25, -0.2) is 9.55 Å². The van der Waals surface area contributed by atoms with Crippen molar-refractivity contribution in [1.29, 1.82) is 0 Å². The fourth-order valence-electron chi connectivity index (χ4n) is 1.21. The van der Waals surface area contributed by atoms with E-state index in [1.807, 2.05) is 24.0 Å². The van der Waals surface area contributed by atoms with Gasteiger partial charge in [0, 0.05) is 7.11 Å². The highest BCUT2D eigenvalue weighted by atomic mass is 16.5. The molecule has 0 amide bonds. The van der Waals surface area contributed by atoms with Crippen LogP contribution in [0, 0.1) is 0 Å². The Bertz CT molecular complexity index is 216. The third-order valence-corrected chi connectivity index (χ3v) is 1.87. The summed E-state index contributed by atoms with van der Waals surface area (Å²) in [5.74, 6) is 1.12. The highest BCUT2D eigenvalue weighted by molar-refractivity contribution is 4.82. The number of hydrogen-bond donors (Lipinski definition) is 1. The normalized spacial score (nSPS) is 13.4. The van der Waals surface area contributed by atoms with Gasteiger partial charge in [0.1, 0.15) is 12.4 Å². The minimum atomic E-state index is 0.190. The maximum absolute atomic E-state index is 5.27. The first kappa shape index (κ1) is 8.27. The molecule has 62 valence electrons. The number of ether oxygens (including phenoxy) is 1. The van der Waals surface area contributed by atoms with Gasteiger partial charge >= 0.3 is 0 Å². The molecule has 0 aliphatic carbocycles. The summed E-state index contributed by atoms with van der Waals surface area (Å²) in [4.78, 5) is 3.15. The van der Waals surface area contributed by atoms with E-state index in [-0.39, 0.29) is 6.10 Å². The first-order valence-electron chi connectivity index (χ1n) is 3.85. The summed E-state index contributed by atoms with van der Waals surface area (Å²) in [6.07, 6.45) is 5.08. The summed E-state index contributed by atoms with van der Waals surface area (Å²) in [5.41, 5.74) is 0. The minimum Gasteiger partial charge on any atom is -0.369 e. The van der Waals surface area contributed by atoms with Gasteiger partial charge in [-0.15, -0.1) is 0 Å². The number of aryl methyl sites for hydroxylation is 1. The molecule has 0 bridgehead atoms. The van der Waals surface area contributed by atoms with E-state index in [4.69, 9.17) is 4.74 Å². The van der Waals surface area contributed by atoms with Crippen LogP contribution in [0.15, 0.2) is 12.4 Å². The summed E-state index contributed by atoms with van der Waals surface area (Å²) in [5, 5.41) is 0. The van der Waals surface area contributed by atoms with Crippen molar-refractivity contribution in [2.45, 2.75) is 19.4 Å². The molecule has 0 radical (unpaired) electrons. The number of aromatic nitrogens is 2. The molecular weight excluding hydrogens is 140 g/mol. The summed E-state index contributed by atoms with van der Waals surface area (Å²) in [7, 11) is 3.74. The number of nitrogens with zero attached hydrogens (tertiary/aromatic N) is 1. The van der Waals surface area contributed by atoms with Gasteiger partial charge in [0.25, 0.3) is 5.82 Å². The molecule has 0 aliphatic rings. The van der Waals surface area contributed by atoms with E-state index >= 15 is 0 Å². The van der Waals surface area contributed by atoms with Crippen LogP contribution in [0.3, 0.4) is 0 Å². The zero-order valence-electron chi connectivity index (χ0n) is 7.29. The predicted molar refractivity (Wildman–Crippen MR) is 42.0 cm³/mol. The Morgan fingerprint density at radius 1 is 1.73 bits per heavy atom. The van der Waals surface area contributed by atoms with Gasteiger partial charge < -0.3 is 4.74 Å². The topological polar surface area (TPSA) is 28.9 Å². The number of H-pyrrole nitrogens is 1. The molecule has 0 saturated heterocycles. The van der Waals surface area contributed by atoms with Crippen LogP contribution in [0.1, 0.15) is 25.3 Å². The molecule has 0 fully saturated rings. The summed E-state index contributed by atoms with van der Waals surface area (Å²) in [6.45, 7) is 2.11. The van der Waals surface area contributed by atoms with Crippen LogP contribution in [-0.4, -0.2) is 12.1 Å². The molecule has 0 saturated carbocycles. The molecule has 1 unspecified atom stereocenters. The van der Waals surface area contributed by atoms with Gasteiger partial charge in [-0.3, -0.25) is 0 Å². The van der Waals surface area contributed by atoms with E-state index in [1.165, 1.54) is 0 Å². The predicted octanol–water partition coefficient (Wildman–Crippen LogP) is 0.937. The van der Waals surface area contributed by atoms with Crippen molar-refractivity contribution in [2.75, 3.05) is 7.11 Å². The Morgan fingerprint density at radius 2 is 2.45 bits per heavy atom. The van der Waals surface area contributed by atoms with E-state index in [0.717, 1.165) is 12.2 Å². The van der Waals surface area contributed by atoms with Crippen molar-refractivity contribution in [2.24, 2.45) is 7.05 Å². The largest absolute Gasteiger partial charge is 0.369 e. The van der Waals surface area contributed by atoms with E-state index < -0.39 is 0 Å². The van der Waals surface area contributed by atoms with Crippen LogP contribution in [0.5, 0.6) is 0 Å². The van der Waals surface area contributed by atoms with Gasteiger partial charge in [-0.05, 0) is 6.42 Å². The average molecular weight is 155 g/mol. The van der Waals surface area contributed by atoms with Crippen LogP contribution >= 0.6 is 0 Å². The molecular formula is C8H15N2O+. The summed E-state index contributed by atoms with van der Waals surface area (Å²) in [6, 6.07) is 0. The van der Waals surface area contributed by atoms with Gasteiger partial charge in [0.15, 0.2) is 6.10 Å². The van der Waals surface area contributed by atoms with Crippen LogP contribution < -0.4 is 4.57 Å². The van der Waals surface area contributed by atoms with Crippen LogP contribution in [0.4, 0.5) is 0 Å². The van der Waals surface area contributed by atoms with Crippen molar-refractivity contribution in [3.63, 3.8) is 0 Å². The zero-order valence-corrected chi connectivity index (χ0v) is 7.29. The van der Waals surface area contributed by atoms with Gasteiger partial charge in [0.2, 0.25) is 0 Å². The number of hydrogen-bond acceptors (Lipinski definition) is 1. The second-order valence-electron chi connectivity index (χ2n) is 2.59. The number of aromatic amines is 1. The first-order valence-corrected chi connectivity index (χ1v) is 3.85. The van der Waals surface area contributed by atoms with Gasteiger partial charge in [0.05, 0.1) is 7.05 Å². The lowest BCUT2D eigenvalue weighted by Gasteiger charge is -2.06. The lowest BCUT2D eigenvalue weighted by atomic mass is 10.2. The average Bonchev–Trinajstić information content (AvgIpc) is 2.40. The Kier molecular flexibility index (Phi) is 2.65. The van der Waals surface area contributed by atoms with E-state index in [1.54, 1.807) is 7.11 Å². The molecule has 0 aliphatic heterocycles. The molecule has 3 heteroatoms. The third-order valence-electron chi connectivity index (χ3n) is 1.87. The number of nitrogens with one attached hydrogen (secondary N) is 1. The number of rotatable bonds is 3. The maximum Gasteiger partial charge on any atom is 0.283 e. The standard InChI is InChI=1S/C8H14N2O/c1-4-7(11-3)8-9-5-6-10(8)2/h5-7H,4H2,1-3H3/p+1. The fourth-order valence-corrected chi connectivity index (χ4v) is 1.21. The van der Waals surface area contributed by atoms with Crippen molar-refractivity contribution in [3.05, 3.63) is 18.2 Å². The minimum absolute atomic E-state index is 0.190. The zero-order chi connectivity index (χ0) is 8.27. The SMILES string of the molecule is CCC(OC)c1[nH]cc[n+]1C. The van der Waals surface area contributed by atoms with E-state index in [0.29, 0.717) is 0 Å². The molecule has 3 nitrogen and oxygen atoms in total. The molecule has 11 heavy (non-hydrogen) atoms. The summed E-state index contributed by atoms with van der Waals surface area (Å²) >= 11 is 0. The van der Waals surface area contributed by atoms with Crippen LogP contribution in [-0.2, 0) is 11.8 Å². The molecule has 0 aromatic carbocycles. The second kappa shape index (κ2) is 3.53. The number of imidazole rings is 1. The van der Waals surface area contributed by atoms with Crippen molar-refractivity contribution in [3.8, 4) is 0 Å². The Morgan fingerprint density at radius 3 is 2.82 bits per heavy atom. The molecule has 1 aromatic rings. The lowest BCUT2D eigenvalue weighted by Crippen LogP contribution is -2.32. The van der Waals surface area contributed by atoms with Crippen molar-refractivity contribution in [1.82, 2.24) is 4.98 Å². The molecule has 1 rings (SSSR count). The highest BCUT2D eigenvalue weighted by Gasteiger charge is 2.17. The van der Waals surface area contributed by atoms with Crippen LogP contribution in [0.25, 0.3) is 0 Å². The molecule has 1 aromatic heterocycles. The highest BCUT2D eigenvalue weighted by Crippen LogP contribution is 2.13. The molecule has 1 atom stereocenters. The van der Waals surface area contributed by atoms with Crippen LogP contribution in [0.2, 0.25) is 0 Å². The molecule has 1 N–H and O–H groups in total. The number of methoxy groups -OCH3 is 1. The van der Waals surface area contributed by atoms with E-state index in [9.17, 15) is 0 Å². The molecule has 0 spiro atoms. The van der Waals surface area contributed by atoms with Crippen molar-refractivity contribution >= 4 is 0 Å². The second-order valence-corrected chi connectivity index (χ2v) is 2.59. The Labute approximate surface area is 67.0 Å². The maximum atomic E-state index is 5.27. The quantitative estimate of drug-likeness (QED) is 0.646. The monoisotopic (exact) mass is 155 g/mol. The van der Waals surface area contributed by atoms with Gasteiger partial charge in [-0.1, -0.05) is 6.92 Å². The third kappa shape index (κ3) is 1.60. The lowest BCUT2D eigenvalue weighted by molar-refractivity contribution is -0.681. The van der Waals surface area contributed by atoms with E-state index in [2.05, 4.69) is 11.9 Å². The Balaban J connectivity index is 2.81. The van der Waals surface area contributed by atoms with Gasteiger partial charge in [-0.2, -0.15) is 0 Å². The smallest absolute Gasteiger partial charge is 0.283 e. The fraction of sp³-hybridized carbons (Fsp3) is 0.625. The van der Waals surface area contributed by atoms with Crippen molar-refractivity contribution < 1.29 is 9.30 Å². The first-order chi connectivity index (χ1) is 5.29.